The van der Waals surface area contributed by atoms with Crippen LogP contribution < -0.4 is 26.6 Å². The van der Waals surface area contributed by atoms with Crippen molar-refractivity contribution >= 4 is 64.9 Å². The second kappa shape index (κ2) is 36.0. The summed E-state index contributed by atoms with van der Waals surface area (Å²) >= 11 is 1.87. The molecule has 83 heavy (non-hydrogen) atoms. The minimum atomic E-state index is -1.09. The van der Waals surface area contributed by atoms with Gasteiger partial charge in [-0.1, -0.05) is 97.8 Å². The molecule has 0 radical (unpaired) electrons. The summed E-state index contributed by atoms with van der Waals surface area (Å²) < 4.78 is 146. The number of benzene rings is 6. The Bertz CT molecular complexity index is 3140. The van der Waals surface area contributed by atoms with E-state index >= 15 is 0 Å². The number of allylic oxidation sites excluding steroid dienone is 1. The van der Waals surface area contributed by atoms with Crippen LogP contribution in [0.4, 0.5) is 48.3 Å². The molecule has 1 aliphatic carbocycles. The van der Waals surface area contributed by atoms with Crippen molar-refractivity contribution in [3.8, 4) is 0 Å². The Labute approximate surface area is 481 Å². The molecule has 1 saturated carbocycles. The fourth-order valence-corrected chi connectivity index (χ4v) is 6.77. The van der Waals surface area contributed by atoms with Gasteiger partial charge in [0.15, 0.2) is 0 Å². The van der Waals surface area contributed by atoms with Crippen LogP contribution in [0.2, 0.25) is 0 Å². The maximum atomic E-state index is 13.6. The van der Waals surface area contributed by atoms with E-state index in [0.717, 1.165) is 84.7 Å². The molecule has 1 aliphatic rings. The summed E-state index contributed by atoms with van der Waals surface area (Å²) in [5, 5.41) is 11.4. The predicted octanol–water partition coefficient (Wildman–Crippen LogP) is 11.9. The predicted molar refractivity (Wildman–Crippen MR) is 294 cm³/mol. The van der Waals surface area contributed by atoms with Gasteiger partial charge in [-0.3, -0.25) is 38.5 Å². The highest BCUT2D eigenvalue weighted by atomic mass is 127. The van der Waals surface area contributed by atoms with Crippen LogP contribution in [0.15, 0.2) is 176 Å². The molecule has 13 nitrogen and oxygen atoms in total. The highest BCUT2D eigenvalue weighted by molar-refractivity contribution is 14.1. The fourth-order valence-electron chi connectivity index (χ4n) is 6.59. The molecule has 0 saturated heterocycles. The third-order valence-corrected chi connectivity index (χ3v) is 10.8. The van der Waals surface area contributed by atoms with Crippen LogP contribution in [-0.2, 0) is 9.59 Å². The first-order valence-electron chi connectivity index (χ1n) is 23.4. The third-order valence-electron chi connectivity index (χ3n) is 10.5. The number of rotatable bonds is 14. The van der Waals surface area contributed by atoms with Gasteiger partial charge in [-0.05, 0) is 114 Å². The molecule has 7 rings (SSSR count). The lowest BCUT2D eigenvalue weighted by atomic mass is 10.1. The van der Waals surface area contributed by atoms with E-state index in [1.165, 1.54) is 59.1 Å². The Morgan fingerprint density at radius 2 is 0.843 bits per heavy atom. The van der Waals surface area contributed by atoms with Gasteiger partial charge in [-0.2, -0.15) is 0 Å². The minimum Gasteiger partial charge on any atom is -0.348 e. The number of halogens is 12. The van der Waals surface area contributed by atoms with Crippen molar-refractivity contribution in [1.29, 1.82) is 0 Å². The summed E-state index contributed by atoms with van der Waals surface area (Å²) in [6.45, 7) is 13.2. The Kier molecular flexibility index (Phi) is 30.1. The number of carbonyl (C=O) groups excluding carboxylic acids is 7. The zero-order valence-corrected chi connectivity index (χ0v) is 45.5. The Balaban J connectivity index is 0.000000352. The van der Waals surface area contributed by atoms with E-state index in [4.69, 9.17) is 0 Å². The first kappa shape index (κ1) is 69.6. The number of nitrogens with one attached hydrogen (secondary N) is 5. The van der Waals surface area contributed by atoms with Crippen molar-refractivity contribution in [3.05, 3.63) is 274 Å². The summed E-state index contributed by atoms with van der Waals surface area (Å²) in [5.41, 5.74) is -2.17. The molecule has 0 spiro atoms. The summed E-state index contributed by atoms with van der Waals surface area (Å²) in [7, 11) is 0. The lowest BCUT2D eigenvalue weighted by molar-refractivity contribution is -0.114. The van der Waals surface area contributed by atoms with Gasteiger partial charge in [0.05, 0.1) is 0 Å². The van der Waals surface area contributed by atoms with E-state index in [9.17, 15) is 81.9 Å². The van der Waals surface area contributed by atoms with Crippen molar-refractivity contribution in [3.63, 3.8) is 0 Å². The number of hydrogen-bond donors (Lipinski definition) is 5. The summed E-state index contributed by atoms with van der Waals surface area (Å²) in [6.07, 6.45) is 8.11. The van der Waals surface area contributed by atoms with E-state index in [0.29, 0.717) is 11.3 Å². The average Bonchev–Trinajstić information content (AvgIpc) is 4.14. The standard InChI is InChI=1S/C17H14F3NO.C10H7F2NO2.C10H9F2NO.C9H6F2INO.C9H7F2NO.C3H5NO/c1-9-14(10-5-7-11(18)8-6-10)16(9)21-17(22)15-12(19)3-2-4-13(15)20;1-2-13(6-14)10(15)9-7(11)4-3-5-8(9)12;1-2-6-13-10(14)9-7(11)4-3-5-8(9)12;10-6-2-1-3-7(11)8(6)9(14)13-5-4-12;1-2-12-9(13)8-6(10)4-3-5-7(8)11;1-2-4-3-5/h2-9,14,16H,1H3,(H,21,22);2-6H,1H2;2-6H,1H3,(H,13,14);1-5H,(H,13,14);2-5H,1H2,(H,12,13);2-3H,1H2,(H,4,5)/b;;6-2-;5-4-;;/t9-,14-,16?;;;;;/m1...../s1. The molecule has 0 heterocycles. The Hall–Kier alpha value is -9.53. The molecular weight excluding hydrogens is 1230 g/mol. The Morgan fingerprint density at radius 1 is 0.494 bits per heavy atom. The average molecular weight is 1280 g/mol. The molecule has 0 aliphatic heterocycles. The van der Waals surface area contributed by atoms with E-state index in [-0.39, 0.29) is 30.1 Å². The largest absolute Gasteiger partial charge is 0.348 e. The first-order chi connectivity index (χ1) is 39.5. The van der Waals surface area contributed by atoms with Crippen molar-refractivity contribution in [1.82, 2.24) is 31.5 Å². The number of nitrogens with zero attached hydrogens (tertiary/aromatic N) is 1. The van der Waals surface area contributed by atoms with Crippen molar-refractivity contribution in [2.24, 2.45) is 5.92 Å². The molecule has 25 heteroatoms. The van der Waals surface area contributed by atoms with Gasteiger partial charge in [-0.15, -0.1) is 0 Å². The Morgan fingerprint density at radius 3 is 1.14 bits per heavy atom. The maximum absolute atomic E-state index is 13.6. The van der Waals surface area contributed by atoms with Gasteiger partial charge < -0.3 is 26.6 Å². The highest BCUT2D eigenvalue weighted by Gasteiger charge is 2.49. The van der Waals surface area contributed by atoms with Crippen molar-refractivity contribution < 1.29 is 81.9 Å². The summed E-state index contributed by atoms with van der Waals surface area (Å²) in [6, 6.07) is 21.9. The van der Waals surface area contributed by atoms with E-state index in [1.54, 1.807) is 25.1 Å². The second-order valence-electron chi connectivity index (χ2n) is 15.8. The second-order valence-corrected chi connectivity index (χ2v) is 16.5. The monoisotopic (exact) mass is 1280 g/mol. The third kappa shape index (κ3) is 21.5. The molecule has 5 N–H and O–H groups in total. The molecule has 0 bridgehead atoms. The van der Waals surface area contributed by atoms with Crippen LogP contribution in [0.3, 0.4) is 0 Å². The van der Waals surface area contributed by atoms with Gasteiger partial charge in [0.1, 0.15) is 91.8 Å². The summed E-state index contributed by atoms with van der Waals surface area (Å²) in [5.74, 6) is -13.5. The van der Waals surface area contributed by atoms with Crippen LogP contribution in [0.25, 0.3) is 0 Å². The van der Waals surface area contributed by atoms with Gasteiger partial charge in [0.2, 0.25) is 12.8 Å². The smallest absolute Gasteiger partial charge is 0.270 e. The molecule has 6 aromatic rings. The van der Waals surface area contributed by atoms with Gasteiger partial charge >= 0.3 is 0 Å². The van der Waals surface area contributed by atoms with Crippen LogP contribution in [0.5, 0.6) is 0 Å². The SMILES string of the molecule is C/C=C\NC(=O)c1c(F)cccc1F.C=CN(C=O)C(=O)c1c(F)cccc1F.C=CNC(=O)c1c(F)cccc1F.C=CNC=O.C[C@H]1C(NC(=O)c2c(F)cccc2F)[C@H]1c1ccc(F)cc1.O=C(N/C=C\I)c1c(F)cccc1F. The van der Waals surface area contributed by atoms with E-state index in [2.05, 4.69) is 46.3 Å². The zero-order valence-electron chi connectivity index (χ0n) is 43.4. The number of imide groups is 1. The molecule has 3 atom stereocenters. The zero-order chi connectivity index (χ0) is 62.3. The van der Waals surface area contributed by atoms with E-state index < -0.39 is 116 Å². The lowest BCUT2D eigenvalue weighted by Crippen LogP contribution is -2.29. The van der Waals surface area contributed by atoms with Crippen molar-refractivity contribution in [2.45, 2.75) is 25.8 Å². The lowest BCUT2D eigenvalue weighted by Gasteiger charge is -2.10. The van der Waals surface area contributed by atoms with Crippen molar-refractivity contribution in [2.75, 3.05) is 0 Å². The summed E-state index contributed by atoms with van der Waals surface area (Å²) in [4.78, 5) is 76.9. The van der Waals surface area contributed by atoms with Crippen LogP contribution in [0.1, 0.15) is 77.1 Å². The van der Waals surface area contributed by atoms with Crippen LogP contribution in [0, 0.1) is 69.9 Å². The number of amides is 7. The number of hydrogen-bond acceptors (Lipinski definition) is 7. The molecule has 7 amide bonds. The molecular formula is C58H48F11IN6O7. The topological polar surface area (TPSA) is 183 Å². The normalized spacial score (nSPS) is 13.2. The molecule has 1 fully saturated rings. The van der Waals surface area contributed by atoms with E-state index in [1.807, 2.05) is 29.5 Å². The molecule has 6 aromatic carbocycles. The first-order valence-corrected chi connectivity index (χ1v) is 24.6. The highest BCUT2D eigenvalue weighted by Crippen LogP contribution is 2.47. The molecule has 0 aromatic heterocycles. The van der Waals surface area contributed by atoms with Crippen LogP contribution >= 0.6 is 22.6 Å². The minimum absolute atomic E-state index is 0.0272. The molecule has 1 unspecified atom stereocenters. The van der Waals surface area contributed by atoms with Gasteiger partial charge in [0, 0.05) is 24.4 Å². The van der Waals surface area contributed by atoms with Gasteiger partial charge in [0.25, 0.3) is 29.5 Å². The van der Waals surface area contributed by atoms with Gasteiger partial charge in [-0.25, -0.2) is 48.3 Å². The quantitative estimate of drug-likeness (QED) is 0.0408. The molecule has 436 valence electrons. The number of carbonyl (C=O) groups is 7. The van der Waals surface area contributed by atoms with Crippen LogP contribution in [-0.4, -0.2) is 53.3 Å². The maximum Gasteiger partial charge on any atom is 0.270 e. The fraction of sp³-hybridized carbons (Fsp3) is 0.0862.